The van der Waals surface area contributed by atoms with Gasteiger partial charge in [-0.15, -0.1) is 0 Å². The number of hydrogen-bond acceptors (Lipinski definition) is 4. The number of rotatable bonds is 1. The summed E-state index contributed by atoms with van der Waals surface area (Å²) in [5, 5.41) is 0. The van der Waals surface area contributed by atoms with E-state index in [0.29, 0.717) is 19.0 Å². The van der Waals surface area contributed by atoms with Crippen LogP contribution in [0, 0.1) is 0 Å². The van der Waals surface area contributed by atoms with Gasteiger partial charge in [0.2, 0.25) is 5.95 Å². The highest BCUT2D eigenvalue weighted by Gasteiger charge is 2.43. The summed E-state index contributed by atoms with van der Waals surface area (Å²) in [6, 6.07) is 1.66. The van der Waals surface area contributed by atoms with E-state index in [0.717, 1.165) is 4.90 Å². The van der Waals surface area contributed by atoms with Crippen molar-refractivity contribution in [2.75, 3.05) is 31.1 Å². The number of amides is 1. The molecule has 98 valence electrons. The summed E-state index contributed by atoms with van der Waals surface area (Å²) in [6.07, 6.45) is -1.67. The Morgan fingerprint density at radius 1 is 1.11 bits per heavy atom. The van der Waals surface area contributed by atoms with Crippen molar-refractivity contribution in [3.63, 3.8) is 0 Å². The van der Waals surface area contributed by atoms with Gasteiger partial charge in [0.25, 0.3) is 0 Å². The molecule has 1 fully saturated rings. The minimum absolute atomic E-state index is 0.0244. The second kappa shape index (κ2) is 4.79. The zero-order valence-corrected chi connectivity index (χ0v) is 9.39. The molecule has 0 bridgehead atoms. The molecule has 0 saturated carbocycles. The highest BCUT2D eigenvalue weighted by Crippen LogP contribution is 2.20. The Morgan fingerprint density at radius 3 is 2.17 bits per heavy atom. The van der Waals surface area contributed by atoms with Gasteiger partial charge in [-0.25, -0.2) is 9.97 Å². The molecular weight excluding hydrogens is 248 g/mol. The average molecular weight is 259 g/mol. The molecule has 0 aromatic carbocycles. The maximum absolute atomic E-state index is 12.2. The molecule has 1 amide bonds. The molecule has 1 aromatic rings. The Hall–Kier alpha value is -1.86. The van der Waals surface area contributed by atoms with E-state index >= 15 is 0 Å². The fourth-order valence-corrected chi connectivity index (χ4v) is 1.74. The highest BCUT2D eigenvalue weighted by atomic mass is 19.3. The Balaban J connectivity index is 1.95. The first-order valence-electron chi connectivity index (χ1n) is 5.36. The van der Waals surface area contributed by atoms with E-state index in [1.54, 1.807) is 23.4 Å². The van der Waals surface area contributed by atoms with Crippen molar-refractivity contribution in [1.29, 1.82) is 0 Å². The summed E-state index contributed by atoms with van der Waals surface area (Å²) in [5.41, 5.74) is 0. The van der Waals surface area contributed by atoms with Crippen molar-refractivity contribution in [2.45, 2.75) is 6.18 Å². The molecule has 5 nitrogen and oxygen atoms in total. The Labute approximate surface area is 101 Å². The second-order valence-corrected chi connectivity index (χ2v) is 3.83. The largest absolute Gasteiger partial charge is 0.471 e. The van der Waals surface area contributed by atoms with E-state index < -0.39 is 12.1 Å². The fourth-order valence-electron chi connectivity index (χ4n) is 1.74. The number of carbonyl (C=O) groups excluding carboxylic acids is 1. The summed E-state index contributed by atoms with van der Waals surface area (Å²) in [7, 11) is 0. The van der Waals surface area contributed by atoms with Crippen molar-refractivity contribution in [3.05, 3.63) is 18.5 Å². The van der Waals surface area contributed by atoms with Gasteiger partial charge in [0.1, 0.15) is 0 Å². The van der Waals surface area contributed by atoms with Crippen LogP contribution in [0.1, 0.15) is 0 Å². The summed E-state index contributed by atoms with van der Waals surface area (Å²) in [6.45, 7) is 0.644. The van der Waals surface area contributed by atoms with E-state index in [1.165, 1.54) is 0 Å². The predicted molar refractivity (Wildman–Crippen MR) is 56.9 cm³/mol. The van der Waals surface area contributed by atoms with Crippen LogP contribution in [0.3, 0.4) is 0 Å². The number of alkyl halides is 3. The number of piperazine rings is 1. The van der Waals surface area contributed by atoms with Crippen molar-refractivity contribution in [2.24, 2.45) is 0 Å². The van der Waals surface area contributed by atoms with Crippen LogP contribution in [0.2, 0.25) is 0 Å². The van der Waals surface area contributed by atoms with E-state index in [9.17, 15) is 18.0 Å². The minimum atomic E-state index is -4.80. The van der Waals surface area contributed by atoms with Gasteiger partial charge < -0.3 is 9.80 Å². The number of anilines is 1. The Kier molecular flexibility index (Phi) is 3.35. The monoisotopic (exact) mass is 259 g/mol. The molecule has 1 aromatic heterocycles. The molecule has 0 aliphatic carbocycles. The zero-order valence-electron chi connectivity index (χ0n) is 9.39. The van der Waals surface area contributed by atoms with Crippen molar-refractivity contribution < 1.29 is 18.0 Å². The minimum Gasteiger partial charge on any atom is -0.337 e. The molecule has 1 aliphatic rings. The lowest BCUT2D eigenvalue weighted by molar-refractivity contribution is -0.185. The molecule has 0 unspecified atom stereocenters. The van der Waals surface area contributed by atoms with Crippen LogP contribution in [0.5, 0.6) is 0 Å². The number of halogens is 3. The topological polar surface area (TPSA) is 49.3 Å². The van der Waals surface area contributed by atoms with Gasteiger partial charge in [-0.2, -0.15) is 13.2 Å². The second-order valence-electron chi connectivity index (χ2n) is 3.83. The molecular formula is C10H11F3N4O. The van der Waals surface area contributed by atoms with Crippen LogP contribution in [0.15, 0.2) is 18.5 Å². The molecule has 1 saturated heterocycles. The smallest absolute Gasteiger partial charge is 0.337 e. The molecule has 2 rings (SSSR count). The van der Waals surface area contributed by atoms with Crippen molar-refractivity contribution in [3.8, 4) is 0 Å². The van der Waals surface area contributed by atoms with Crippen LogP contribution in [0.4, 0.5) is 19.1 Å². The van der Waals surface area contributed by atoms with Gasteiger partial charge in [-0.1, -0.05) is 0 Å². The summed E-state index contributed by atoms with van der Waals surface area (Å²) < 4.78 is 36.7. The van der Waals surface area contributed by atoms with Crippen molar-refractivity contribution >= 4 is 11.9 Å². The van der Waals surface area contributed by atoms with Gasteiger partial charge in [0.15, 0.2) is 0 Å². The normalized spacial score (nSPS) is 16.8. The van der Waals surface area contributed by atoms with Crippen LogP contribution < -0.4 is 4.90 Å². The first-order chi connectivity index (χ1) is 8.48. The number of hydrogen-bond donors (Lipinski definition) is 0. The quantitative estimate of drug-likeness (QED) is 0.744. The van der Waals surface area contributed by atoms with Gasteiger partial charge in [-0.3, -0.25) is 4.79 Å². The average Bonchev–Trinajstić information content (AvgIpc) is 2.38. The van der Waals surface area contributed by atoms with Crippen LogP contribution in [-0.4, -0.2) is 53.1 Å². The van der Waals surface area contributed by atoms with E-state index in [-0.39, 0.29) is 13.1 Å². The first kappa shape index (κ1) is 12.6. The number of aromatic nitrogens is 2. The molecule has 1 aliphatic heterocycles. The van der Waals surface area contributed by atoms with Crippen LogP contribution in [-0.2, 0) is 4.79 Å². The predicted octanol–water partition coefficient (Wildman–Crippen LogP) is 0.687. The molecule has 2 heterocycles. The van der Waals surface area contributed by atoms with E-state index in [2.05, 4.69) is 9.97 Å². The zero-order chi connectivity index (χ0) is 13.2. The first-order valence-corrected chi connectivity index (χ1v) is 5.36. The van der Waals surface area contributed by atoms with E-state index in [1.807, 2.05) is 0 Å². The standard InChI is InChI=1S/C10H11F3N4O/c11-10(12,13)8(18)16-4-6-17(7-5-16)9-14-2-1-3-15-9/h1-3H,4-7H2/i11-1. The van der Waals surface area contributed by atoms with E-state index in [4.69, 9.17) is 0 Å². The third-order valence-electron chi connectivity index (χ3n) is 2.64. The van der Waals surface area contributed by atoms with Gasteiger partial charge in [0.05, 0.1) is 0 Å². The summed E-state index contributed by atoms with van der Waals surface area (Å²) >= 11 is 0. The lowest BCUT2D eigenvalue weighted by Crippen LogP contribution is -2.52. The van der Waals surface area contributed by atoms with Gasteiger partial charge in [0, 0.05) is 38.6 Å². The SMILES string of the molecule is O=C(N1CCN(c2ncccn2)CC1)C(F)(F)[18F]. The highest BCUT2D eigenvalue weighted by molar-refractivity contribution is 5.82. The Bertz CT molecular complexity index is 415. The lowest BCUT2D eigenvalue weighted by atomic mass is 10.3. The number of nitrogens with zero attached hydrogens (tertiary/aromatic N) is 4. The van der Waals surface area contributed by atoms with Gasteiger partial charge in [-0.05, 0) is 6.07 Å². The molecule has 8 heteroatoms. The third-order valence-corrected chi connectivity index (χ3v) is 2.64. The lowest BCUT2D eigenvalue weighted by Gasteiger charge is -2.34. The number of carbonyl (C=O) groups is 1. The maximum atomic E-state index is 12.2. The van der Waals surface area contributed by atoms with Gasteiger partial charge >= 0.3 is 12.1 Å². The molecule has 18 heavy (non-hydrogen) atoms. The summed E-state index contributed by atoms with van der Waals surface area (Å²) in [4.78, 5) is 21.6. The third kappa shape index (κ3) is 2.69. The molecule has 0 N–H and O–H groups in total. The fraction of sp³-hybridized carbons (Fsp3) is 0.500. The maximum Gasteiger partial charge on any atom is 0.471 e. The Morgan fingerprint density at radius 2 is 1.67 bits per heavy atom. The molecule has 0 atom stereocenters. The molecule has 0 spiro atoms. The van der Waals surface area contributed by atoms with Crippen LogP contribution >= 0.6 is 0 Å². The summed E-state index contributed by atoms with van der Waals surface area (Å²) in [5.74, 6) is -1.31. The van der Waals surface area contributed by atoms with Crippen LogP contribution in [0.25, 0.3) is 0 Å². The molecule has 0 radical (unpaired) electrons. The van der Waals surface area contributed by atoms with Crippen molar-refractivity contribution in [1.82, 2.24) is 14.9 Å².